The Morgan fingerprint density at radius 1 is 1.03 bits per heavy atom. The van der Waals surface area contributed by atoms with Crippen LogP contribution in [0.4, 0.5) is 0 Å². The largest absolute Gasteiger partial charge is 0.507 e. The van der Waals surface area contributed by atoms with Crippen LogP contribution in [0.1, 0.15) is 49.1 Å². The monoisotopic (exact) mass is 466 g/mol. The predicted octanol–water partition coefficient (Wildman–Crippen LogP) is 4.17. The molecule has 2 N–H and O–H groups in total. The fourth-order valence-electron chi connectivity index (χ4n) is 4.26. The smallest absolute Gasteiger partial charge is 0.295 e. The van der Waals surface area contributed by atoms with E-state index in [0.29, 0.717) is 30.8 Å². The van der Waals surface area contributed by atoms with Crippen molar-refractivity contribution in [1.82, 2.24) is 9.80 Å². The van der Waals surface area contributed by atoms with Gasteiger partial charge in [-0.3, -0.25) is 9.59 Å². The molecule has 0 saturated carbocycles. The molecule has 1 heterocycles. The van der Waals surface area contributed by atoms with E-state index in [9.17, 15) is 19.8 Å². The van der Waals surface area contributed by atoms with E-state index in [1.54, 1.807) is 18.2 Å². The summed E-state index contributed by atoms with van der Waals surface area (Å²) in [5.41, 5.74) is 3.15. The van der Waals surface area contributed by atoms with Gasteiger partial charge in [0.05, 0.1) is 18.2 Å². The molecule has 34 heavy (non-hydrogen) atoms. The quantitative estimate of drug-likeness (QED) is 0.328. The van der Waals surface area contributed by atoms with Gasteiger partial charge in [0.2, 0.25) is 0 Å². The van der Waals surface area contributed by atoms with Gasteiger partial charge >= 0.3 is 0 Å². The van der Waals surface area contributed by atoms with Gasteiger partial charge in [-0.05, 0) is 68.8 Å². The van der Waals surface area contributed by atoms with E-state index < -0.39 is 17.7 Å². The molecule has 0 aromatic heterocycles. The van der Waals surface area contributed by atoms with Gasteiger partial charge in [-0.25, -0.2) is 0 Å². The Hall–Kier alpha value is -3.32. The van der Waals surface area contributed by atoms with Crippen molar-refractivity contribution in [3.63, 3.8) is 0 Å². The normalized spacial score (nSPS) is 17.6. The summed E-state index contributed by atoms with van der Waals surface area (Å²) in [5.74, 6) is -1.33. The lowest BCUT2D eigenvalue weighted by molar-refractivity contribution is -0.140. The molecule has 2 aromatic rings. The summed E-state index contributed by atoms with van der Waals surface area (Å²) >= 11 is 0. The molecule has 1 fully saturated rings. The lowest BCUT2D eigenvalue weighted by atomic mass is 9.94. The summed E-state index contributed by atoms with van der Waals surface area (Å²) in [6.45, 7) is 12.7. The maximum atomic E-state index is 13.2. The number of carbonyl (C=O) groups is 2. The fraction of sp³-hybridized carbons (Fsp3) is 0.407. The molecule has 1 unspecified atom stereocenters. The van der Waals surface area contributed by atoms with Crippen LogP contribution in [-0.2, 0) is 9.59 Å². The topological polar surface area (TPSA) is 90.3 Å². The van der Waals surface area contributed by atoms with Crippen molar-refractivity contribution in [3.05, 3.63) is 64.2 Å². The zero-order valence-electron chi connectivity index (χ0n) is 20.6. The molecule has 182 valence electrons. The summed E-state index contributed by atoms with van der Waals surface area (Å²) in [5, 5.41) is 21.4. The van der Waals surface area contributed by atoms with Gasteiger partial charge in [0.25, 0.3) is 11.7 Å². The molecule has 0 bridgehead atoms. The maximum absolute atomic E-state index is 13.2. The molecule has 1 aliphatic rings. The van der Waals surface area contributed by atoms with E-state index >= 15 is 0 Å². The molecule has 7 nitrogen and oxygen atoms in total. The number of ketones is 1. The van der Waals surface area contributed by atoms with Gasteiger partial charge in [0.15, 0.2) is 11.5 Å². The number of benzene rings is 2. The Balaban J connectivity index is 2.16. The maximum Gasteiger partial charge on any atom is 0.295 e. The number of rotatable bonds is 9. The fourth-order valence-corrected chi connectivity index (χ4v) is 4.26. The van der Waals surface area contributed by atoms with Crippen molar-refractivity contribution in [3.8, 4) is 11.5 Å². The van der Waals surface area contributed by atoms with Crippen LogP contribution in [0, 0.1) is 13.8 Å². The molecule has 1 saturated heterocycles. The summed E-state index contributed by atoms with van der Waals surface area (Å²) in [7, 11) is 0. The van der Waals surface area contributed by atoms with Crippen LogP contribution < -0.4 is 4.74 Å². The van der Waals surface area contributed by atoms with Gasteiger partial charge in [0, 0.05) is 18.7 Å². The molecule has 1 amide bonds. The minimum absolute atomic E-state index is 0.0279. The van der Waals surface area contributed by atoms with E-state index in [4.69, 9.17) is 4.74 Å². The Kier molecular flexibility index (Phi) is 7.99. The van der Waals surface area contributed by atoms with Crippen LogP contribution >= 0.6 is 0 Å². The van der Waals surface area contributed by atoms with Crippen molar-refractivity contribution in [2.75, 3.05) is 32.8 Å². The first-order chi connectivity index (χ1) is 16.2. The number of amides is 1. The number of aliphatic hydroxyl groups excluding tert-OH is 1. The number of Topliss-reactive ketones (excluding diaryl/α,β-unsaturated/α-hetero) is 1. The second kappa shape index (κ2) is 10.7. The molecular weight excluding hydrogens is 432 g/mol. The van der Waals surface area contributed by atoms with Crippen molar-refractivity contribution >= 4 is 17.4 Å². The third kappa shape index (κ3) is 4.94. The molecule has 1 aliphatic heterocycles. The number of likely N-dealkylation sites (N-methyl/N-ethyl adjacent to an activating group) is 1. The first-order valence-corrected chi connectivity index (χ1v) is 11.8. The van der Waals surface area contributed by atoms with Gasteiger partial charge < -0.3 is 24.7 Å². The third-order valence-electron chi connectivity index (χ3n) is 6.47. The first-order valence-electron chi connectivity index (χ1n) is 11.8. The highest BCUT2D eigenvalue weighted by Crippen LogP contribution is 2.41. The van der Waals surface area contributed by atoms with Crippen LogP contribution in [0.5, 0.6) is 11.5 Å². The molecule has 0 aliphatic carbocycles. The summed E-state index contributed by atoms with van der Waals surface area (Å²) in [6, 6.07) is 9.43. The van der Waals surface area contributed by atoms with Crippen molar-refractivity contribution in [1.29, 1.82) is 0 Å². The number of phenols is 1. The van der Waals surface area contributed by atoms with Crippen molar-refractivity contribution < 1.29 is 24.5 Å². The van der Waals surface area contributed by atoms with E-state index in [-0.39, 0.29) is 22.8 Å². The molecule has 1 atom stereocenters. The number of aliphatic hydroxyl groups is 1. The number of phenolic OH excluding ortho intramolecular Hbond substituents is 1. The van der Waals surface area contributed by atoms with Crippen LogP contribution in [-0.4, -0.2) is 64.5 Å². The van der Waals surface area contributed by atoms with Gasteiger partial charge in [-0.2, -0.15) is 0 Å². The number of hydrogen-bond acceptors (Lipinski definition) is 6. The third-order valence-corrected chi connectivity index (χ3v) is 6.47. The molecule has 2 aromatic carbocycles. The second-order valence-electron chi connectivity index (χ2n) is 8.48. The first kappa shape index (κ1) is 25.3. The SMILES string of the molecule is CCOc1cc(C2/C(=C(/O)c3ccc(C)c(C)c3)C(=O)C(=O)N2CCN(CC)CC)ccc1O. The second-order valence-corrected chi connectivity index (χ2v) is 8.48. The Labute approximate surface area is 201 Å². The van der Waals surface area contributed by atoms with Crippen LogP contribution in [0.25, 0.3) is 5.76 Å². The summed E-state index contributed by atoms with van der Waals surface area (Å²) < 4.78 is 5.54. The van der Waals surface area contributed by atoms with Crippen molar-refractivity contribution in [2.45, 2.75) is 40.7 Å². The van der Waals surface area contributed by atoms with Crippen molar-refractivity contribution in [2.24, 2.45) is 0 Å². The Morgan fingerprint density at radius 2 is 1.74 bits per heavy atom. The zero-order chi connectivity index (χ0) is 25.0. The number of nitrogens with zero attached hydrogens (tertiary/aromatic N) is 2. The molecule has 0 radical (unpaired) electrons. The highest BCUT2D eigenvalue weighted by molar-refractivity contribution is 6.46. The standard InChI is InChI=1S/C27H34N2O5/c1-6-28(7-2)13-14-29-24(19-11-12-21(30)22(16-19)34-8-3)23(26(32)27(29)33)25(31)20-10-9-17(4)18(5)15-20/h9-12,15-16,24,30-31H,6-8,13-14H2,1-5H3/b25-23-. The Bertz CT molecular complexity index is 1100. The van der Waals surface area contributed by atoms with E-state index in [1.807, 2.05) is 46.8 Å². The van der Waals surface area contributed by atoms with Gasteiger partial charge in [0.1, 0.15) is 5.76 Å². The number of likely N-dealkylation sites (tertiary alicyclic amines) is 1. The number of aromatic hydroxyl groups is 1. The van der Waals surface area contributed by atoms with Crippen LogP contribution in [0.15, 0.2) is 42.0 Å². The van der Waals surface area contributed by atoms with E-state index in [0.717, 1.165) is 24.2 Å². The molecule has 3 rings (SSSR count). The highest BCUT2D eigenvalue weighted by atomic mass is 16.5. The lowest BCUT2D eigenvalue weighted by Gasteiger charge is -2.28. The zero-order valence-corrected chi connectivity index (χ0v) is 20.6. The number of hydrogen-bond donors (Lipinski definition) is 2. The number of ether oxygens (including phenoxy) is 1. The molecule has 7 heteroatoms. The van der Waals surface area contributed by atoms with Gasteiger partial charge in [-0.15, -0.1) is 0 Å². The summed E-state index contributed by atoms with van der Waals surface area (Å²) in [4.78, 5) is 30.1. The lowest BCUT2D eigenvalue weighted by Crippen LogP contribution is -2.38. The highest BCUT2D eigenvalue weighted by Gasteiger charge is 2.46. The van der Waals surface area contributed by atoms with E-state index in [2.05, 4.69) is 4.90 Å². The Morgan fingerprint density at radius 3 is 2.35 bits per heavy atom. The predicted molar refractivity (Wildman–Crippen MR) is 132 cm³/mol. The minimum atomic E-state index is -0.794. The van der Waals surface area contributed by atoms with Crippen LogP contribution in [0.2, 0.25) is 0 Å². The minimum Gasteiger partial charge on any atom is -0.507 e. The average molecular weight is 467 g/mol. The summed E-state index contributed by atoms with van der Waals surface area (Å²) in [6.07, 6.45) is 0. The van der Waals surface area contributed by atoms with E-state index in [1.165, 1.54) is 11.0 Å². The van der Waals surface area contributed by atoms with Crippen LogP contribution in [0.3, 0.4) is 0 Å². The average Bonchev–Trinajstić information content (AvgIpc) is 3.07. The molecule has 0 spiro atoms. The number of aryl methyl sites for hydroxylation is 2. The number of carbonyl (C=O) groups excluding carboxylic acids is 2. The molecular formula is C27H34N2O5. The van der Waals surface area contributed by atoms with Gasteiger partial charge in [-0.1, -0.05) is 32.0 Å².